The highest BCUT2D eigenvalue weighted by Crippen LogP contribution is 2.01. The van der Waals surface area contributed by atoms with Crippen molar-refractivity contribution in [3.63, 3.8) is 0 Å². The van der Waals surface area contributed by atoms with Crippen molar-refractivity contribution in [1.82, 2.24) is 15.5 Å². The van der Waals surface area contributed by atoms with Gasteiger partial charge < -0.3 is 5.32 Å². The summed E-state index contributed by atoms with van der Waals surface area (Å²) in [5, 5.41) is 10.2. The molecular weight excluding hydrogens is 190 g/mol. The molecule has 1 rings (SSSR count). The van der Waals surface area contributed by atoms with Crippen molar-refractivity contribution in [1.29, 1.82) is 0 Å². The van der Waals surface area contributed by atoms with E-state index in [1.807, 2.05) is 6.92 Å². The number of nitrogens with one attached hydrogen (secondary N) is 1. The van der Waals surface area contributed by atoms with E-state index < -0.39 is 0 Å². The topological polar surface area (TPSA) is 54.9 Å². The fraction of sp³-hybridized carbons (Fsp3) is 0.375. The number of amides is 1. The molecule has 0 saturated carbocycles. The number of hydrogen-bond acceptors (Lipinski definition) is 3. The minimum absolute atomic E-state index is 0.217. The number of hydrogen-bond donors (Lipinski definition) is 1. The molecule has 1 aromatic rings. The molecule has 1 aromatic heterocycles. The highest BCUT2D eigenvalue weighted by molar-refractivity contribution is 6.29. The number of halogens is 1. The van der Waals surface area contributed by atoms with Gasteiger partial charge in [-0.3, -0.25) is 4.79 Å². The molecule has 1 amide bonds. The van der Waals surface area contributed by atoms with Gasteiger partial charge in [0.15, 0.2) is 10.8 Å². The van der Waals surface area contributed by atoms with Crippen LogP contribution in [0.4, 0.5) is 0 Å². The summed E-state index contributed by atoms with van der Waals surface area (Å²) in [5.41, 5.74) is 0.290. The number of aromatic nitrogens is 2. The van der Waals surface area contributed by atoms with Crippen LogP contribution in [-0.4, -0.2) is 22.6 Å². The highest BCUT2D eigenvalue weighted by Gasteiger charge is 2.05. The average molecular weight is 200 g/mol. The molecule has 4 nitrogen and oxygen atoms in total. The van der Waals surface area contributed by atoms with Crippen molar-refractivity contribution in [3.8, 4) is 0 Å². The Morgan fingerprint density at radius 2 is 2.31 bits per heavy atom. The lowest BCUT2D eigenvalue weighted by atomic mass is 10.3. The molecule has 0 radical (unpaired) electrons. The quantitative estimate of drug-likeness (QED) is 0.798. The summed E-state index contributed by atoms with van der Waals surface area (Å²) in [6.45, 7) is 2.62. The number of rotatable bonds is 3. The van der Waals surface area contributed by atoms with Crippen LogP contribution >= 0.6 is 11.6 Å². The lowest BCUT2D eigenvalue weighted by Gasteiger charge is -2.00. The third-order valence-corrected chi connectivity index (χ3v) is 1.60. The van der Waals surface area contributed by atoms with Crippen LogP contribution in [0.3, 0.4) is 0 Å². The predicted molar refractivity (Wildman–Crippen MR) is 49.7 cm³/mol. The minimum atomic E-state index is -0.217. The van der Waals surface area contributed by atoms with Crippen LogP contribution in [0.1, 0.15) is 23.8 Å². The maximum Gasteiger partial charge on any atom is 0.271 e. The van der Waals surface area contributed by atoms with Crippen LogP contribution in [-0.2, 0) is 0 Å². The Bertz CT molecular complexity index is 286. The first kappa shape index (κ1) is 9.92. The molecule has 0 aliphatic rings. The molecule has 0 aromatic carbocycles. The largest absolute Gasteiger partial charge is 0.351 e. The summed E-state index contributed by atoms with van der Waals surface area (Å²) < 4.78 is 0. The highest BCUT2D eigenvalue weighted by atomic mass is 35.5. The Morgan fingerprint density at radius 3 is 2.85 bits per heavy atom. The maximum atomic E-state index is 11.3. The summed E-state index contributed by atoms with van der Waals surface area (Å²) in [4.78, 5) is 11.3. The van der Waals surface area contributed by atoms with Gasteiger partial charge in [-0.2, -0.15) is 0 Å². The molecule has 0 bridgehead atoms. The lowest BCUT2D eigenvalue weighted by molar-refractivity contribution is 0.0947. The molecule has 70 valence electrons. The van der Waals surface area contributed by atoms with E-state index in [0.29, 0.717) is 6.54 Å². The molecule has 5 heteroatoms. The predicted octanol–water partition coefficient (Wildman–Crippen LogP) is 1.27. The van der Waals surface area contributed by atoms with Gasteiger partial charge in [0.25, 0.3) is 5.91 Å². The van der Waals surface area contributed by atoms with Crippen molar-refractivity contribution >= 4 is 17.5 Å². The number of carbonyl (C=O) groups is 1. The van der Waals surface area contributed by atoms with E-state index in [1.165, 1.54) is 6.07 Å². The van der Waals surface area contributed by atoms with E-state index in [2.05, 4.69) is 15.5 Å². The summed E-state index contributed by atoms with van der Waals surface area (Å²) in [6, 6.07) is 3.08. The Balaban J connectivity index is 2.61. The fourth-order valence-corrected chi connectivity index (χ4v) is 0.867. The monoisotopic (exact) mass is 199 g/mol. The normalized spacial score (nSPS) is 9.69. The van der Waals surface area contributed by atoms with Gasteiger partial charge >= 0.3 is 0 Å². The Hall–Kier alpha value is -1.16. The number of carbonyl (C=O) groups excluding carboxylic acids is 1. The van der Waals surface area contributed by atoms with Gasteiger partial charge in [0.05, 0.1) is 0 Å². The van der Waals surface area contributed by atoms with E-state index in [9.17, 15) is 4.79 Å². The van der Waals surface area contributed by atoms with Crippen LogP contribution in [0, 0.1) is 0 Å². The third kappa shape index (κ3) is 2.99. The zero-order valence-electron chi connectivity index (χ0n) is 7.25. The second kappa shape index (κ2) is 4.77. The first-order valence-electron chi connectivity index (χ1n) is 4.01. The summed E-state index contributed by atoms with van der Waals surface area (Å²) in [7, 11) is 0. The first-order valence-corrected chi connectivity index (χ1v) is 4.39. The fourth-order valence-electron chi connectivity index (χ4n) is 0.766. The van der Waals surface area contributed by atoms with Gasteiger partial charge in [-0.1, -0.05) is 18.5 Å². The summed E-state index contributed by atoms with van der Waals surface area (Å²) in [5.74, 6) is -0.217. The first-order chi connectivity index (χ1) is 6.24. The van der Waals surface area contributed by atoms with Crippen LogP contribution < -0.4 is 5.32 Å². The molecule has 1 N–H and O–H groups in total. The molecule has 0 aliphatic heterocycles. The van der Waals surface area contributed by atoms with Crippen molar-refractivity contribution in [2.24, 2.45) is 0 Å². The van der Waals surface area contributed by atoms with Gasteiger partial charge in [0, 0.05) is 6.54 Å². The van der Waals surface area contributed by atoms with Crippen molar-refractivity contribution < 1.29 is 4.79 Å². The molecule has 13 heavy (non-hydrogen) atoms. The van der Waals surface area contributed by atoms with Gasteiger partial charge in [-0.25, -0.2) is 0 Å². The van der Waals surface area contributed by atoms with Crippen molar-refractivity contribution in [3.05, 3.63) is 23.0 Å². The molecule has 0 fully saturated rings. The molecule has 0 unspecified atom stereocenters. The zero-order chi connectivity index (χ0) is 9.68. The lowest BCUT2D eigenvalue weighted by Crippen LogP contribution is -2.25. The minimum Gasteiger partial charge on any atom is -0.351 e. The van der Waals surface area contributed by atoms with Gasteiger partial charge in [-0.05, 0) is 18.6 Å². The molecule has 0 aliphatic carbocycles. The molecule has 0 atom stereocenters. The average Bonchev–Trinajstić information content (AvgIpc) is 2.15. The van der Waals surface area contributed by atoms with Crippen molar-refractivity contribution in [2.75, 3.05) is 6.54 Å². The van der Waals surface area contributed by atoms with E-state index in [1.54, 1.807) is 6.07 Å². The summed E-state index contributed by atoms with van der Waals surface area (Å²) >= 11 is 5.52. The van der Waals surface area contributed by atoms with Gasteiger partial charge in [0.1, 0.15) is 0 Å². The van der Waals surface area contributed by atoms with E-state index >= 15 is 0 Å². The van der Waals surface area contributed by atoms with E-state index in [-0.39, 0.29) is 16.8 Å². The second-order valence-corrected chi connectivity index (χ2v) is 2.88. The molecule has 1 heterocycles. The summed E-state index contributed by atoms with van der Waals surface area (Å²) in [6.07, 6.45) is 0.896. The molecular formula is C8H10ClN3O. The van der Waals surface area contributed by atoms with Crippen LogP contribution in [0.2, 0.25) is 5.15 Å². The van der Waals surface area contributed by atoms with Gasteiger partial charge in [-0.15, -0.1) is 10.2 Å². The van der Waals surface area contributed by atoms with E-state index in [4.69, 9.17) is 11.6 Å². The molecule has 0 spiro atoms. The third-order valence-electron chi connectivity index (χ3n) is 1.40. The SMILES string of the molecule is CCCNC(=O)c1ccc(Cl)nn1. The molecule has 0 saturated heterocycles. The van der Waals surface area contributed by atoms with Crippen LogP contribution in [0.15, 0.2) is 12.1 Å². The van der Waals surface area contributed by atoms with Crippen LogP contribution in [0.25, 0.3) is 0 Å². The maximum absolute atomic E-state index is 11.3. The second-order valence-electron chi connectivity index (χ2n) is 2.50. The van der Waals surface area contributed by atoms with Crippen molar-refractivity contribution in [2.45, 2.75) is 13.3 Å². The van der Waals surface area contributed by atoms with Gasteiger partial charge in [0.2, 0.25) is 0 Å². The Morgan fingerprint density at radius 1 is 1.54 bits per heavy atom. The zero-order valence-corrected chi connectivity index (χ0v) is 8.01. The standard InChI is InChI=1S/C8H10ClN3O/c1-2-5-10-8(13)6-3-4-7(9)12-11-6/h3-4H,2,5H2,1H3,(H,10,13). The smallest absolute Gasteiger partial charge is 0.271 e. The Kier molecular flexibility index (Phi) is 3.64. The van der Waals surface area contributed by atoms with Crippen LogP contribution in [0.5, 0.6) is 0 Å². The van der Waals surface area contributed by atoms with E-state index in [0.717, 1.165) is 6.42 Å². The Labute approximate surface area is 81.3 Å². The number of nitrogens with zero attached hydrogens (tertiary/aromatic N) is 2.